The molecule has 1 fully saturated rings. The summed E-state index contributed by atoms with van der Waals surface area (Å²) in [5.41, 5.74) is 0. The number of hydrogen-bond acceptors (Lipinski definition) is 5. The van der Waals surface area contributed by atoms with Gasteiger partial charge in [-0.25, -0.2) is 4.98 Å². The van der Waals surface area contributed by atoms with Crippen LogP contribution in [-0.2, 0) is 6.54 Å². The summed E-state index contributed by atoms with van der Waals surface area (Å²) in [6.45, 7) is 6.43. The quantitative estimate of drug-likeness (QED) is 0.895. The van der Waals surface area contributed by atoms with Crippen molar-refractivity contribution in [2.45, 2.75) is 37.3 Å². The monoisotopic (exact) mass is 288 g/mol. The zero-order chi connectivity index (χ0) is 12.1. The van der Waals surface area contributed by atoms with Gasteiger partial charge in [0, 0.05) is 34.4 Å². The normalized spacial score (nSPS) is 25.1. The highest BCUT2D eigenvalue weighted by molar-refractivity contribution is 8.06. The summed E-state index contributed by atoms with van der Waals surface area (Å²) < 4.78 is 0. The Hall–Kier alpha value is 0.290. The number of nitrogens with zero attached hydrogens (tertiary/aromatic N) is 1. The third-order valence-corrected chi connectivity index (χ3v) is 7.30. The number of hydrogen-bond donors (Lipinski definition) is 1. The van der Waals surface area contributed by atoms with Crippen LogP contribution in [0.5, 0.6) is 0 Å². The van der Waals surface area contributed by atoms with Crippen molar-refractivity contribution in [2.24, 2.45) is 0 Å². The van der Waals surface area contributed by atoms with Crippen LogP contribution in [0.1, 0.15) is 35.4 Å². The van der Waals surface area contributed by atoms with Crippen LogP contribution in [0.25, 0.3) is 0 Å². The van der Waals surface area contributed by atoms with Gasteiger partial charge in [-0.3, -0.25) is 0 Å². The minimum absolute atomic E-state index is 0.624. The Labute approximate surface area is 116 Å². The maximum absolute atomic E-state index is 4.64. The molecule has 1 aliphatic heterocycles. The van der Waals surface area contributed by atoms with Crippen LogP contribution < -0.4 is 5.32 Å². The first-order valence-corrected chi connectivity index (χ1v) is 9.15. The second kappa shape index (κ2) is 7.02. The molecular weight excluding hydrogens is 268 g/mol. The Kier molecular flexibility index (Phi) is 5.66. The van der Waals surface area contributed by atoms with E-state index in [1.54, 1.807) is 0 Å². The lowest BCUT2D eigenvalue weighted by Gasteiger charge is -2.28. The molecule has 1 N–H and O–H groups in total. The molecule has 0 aliphatic carbocycles. The van der Waals surface area contributed by atoms with E-state index in [4.69, 9.17) is 0 Å². The Bertz CT molecular complexity index is 340. The molecule has 1 aliphatic rings. The van der Waals surface area contributed by atoms with E-state index in [9.17, 15) is 0 Å². The van der Waals surface area contributed by atoms with Gasteiger partial charge in [0.05, 0.1) is 5.25 Å². The highest BCUT2D eigenvalue weighted by Crippen LogP contribution is 2.45. The average molecular weight is 289 g/mol. The third kappa shape index (κ3) is 3.63. The van der Waals surface area contributed by atoms with Gasteiger partial charge in [0.25, 0.3) is 0 Å². The molecule has 2 unspecified atom stereocenters. The smallest absolute Gasteiger partial charge is 0.107 e. The van der Waals surface area contributed by atoms with E-state index in [1.807, 2.05) is 11.3 Å². The van der Waals surface area contributed by atoms with E-state index >= 15 is 0 Å². The molecule has 0 aromatic carbocycles. The highest BCUT2D eigenvalue weighted by atomic mass is 32.2. The lowest BCUT2D eigenvalue weighted by atomic mass is 10.2. The molecule has 2 rings (SSSR count). The minimum Gasteiger partial charge on any atom is -0.312 e. The van der Waals surface area contributed by atoms with Gasteiger partial charge in [-0.05, 0) is 13.0 Å². The van der Waals surface area contributed by atoms with Crippen molar-refractivity contribution in [3.63, 3.8) is 0 Å². The van der Waals surface area contributed by atoms with Crippen LogP contribution in [0.15, 0.2) is 6.20 Å². The first-order chi connectivity index (χ1) is 8.35. The molecule has 0 radical (unpaired) electrons. The summed E-state index contributed by atoms with van der Waals surface area (Å²) in [5.74, 6) is 2.57. The van der Waals surface area contributed by atoms with Gasteiger partial charge in [0.1, 0.15) is 5.01 Å². The Morgan fingerprint density at radius 2 is 2.18 bits per heavy atom. The van der Waals surface area contributed by atoms with E-state index in [0.717, 1.165) is 18.3 Å². The molecule has 1 aromatic heterocycles. The van der Waals surface area contributed by atoms with Crippen molar-refractivity contribution in [1.82, 2.24) is 10.3 Å². The van der Waals surface area contributed by atoms with Gasteiger partial charge < -0.3 is 5.32 Å². The van der Waals surface area contributed by atoms with Crippen molar-refractivity contribution >= 4 is 34.9 Å². The van der Waals surface area contributed by atoms with Gasteiger partial charge in [-0.2, -0.15) is 11.8 Å². The van der Waals surface area contributed by atoms with Gasteiger partial charge in [0.15, 0.2) is 0 Å². The maximum atomic E-state index is 4.64. The van der Waals surface area contributed by atoms with Crippen molar-refractivity contribution in [1.29, 1.82) is 0 Å². The van der Waals surface area contributed by atoms with Crippen LogP contribution in [0.2, 0.25) is 0 Å². The summed E-state index contributed by atoms with van der Waals surface area (Å²) >= 11 is 6.11. The Balaban J connectivity index is 2.02. The molecule has 0 amide bonds. The van der Waals surface area contributed by atoms with E-state index in [1.165, 1.54) is 27.8 Å². The highest BCUT2D eigenvalue weighted by Gasteiger charge is 2.28. The number of thioether (sulfide) groups is 2. The van der Waals surface area contributed by atoms with Crippen LogP contribution in [0.4, 0.5) is 0 Å². The second-order valence-electron chi connectivity index (χ2n) is 4.05. The summed E-state index contributed by atoms with van der Waals surface area (Å²) in [4.78, 5) is 6.00. The van der Waals surface area contributed by atoms with Crippen molar-refractivity contribution in [3.8, 4) is 0 Å². The second-order valence-corrected chi connectivity index (χ2v) is 7.80. The number of nitrogens with one attached hydrogen (secondary N) is 1. The molecule has 2 atom stereocenters. The maximum Gasteiger partial charge on any atom is 0.107 e. The average Bonchev–Trinajstić information content (AvgIpc) is 2.85. The van der Waals surface area contributed by atoms with Gasteiger partial charge in [-0.1, -0.05) is 13.8 Å². The standard InChI is InChI=1S/C12H20N2S3/c1-3-10-11(16-6-5-15-10)12-14-8-9(17-12)7-13-4-2/h8,10-11,13H,3-7H2,1-2H3. The zero-order valence-corrected chi connectivity index (χ0v) is 12.9. The fourth-order valence-electron chi connectivity index (χ4n) is 1.92. The molecule has 17 heavy (non-hydrogen) atoms. The minimum atomic E-state index is 0.624. The predicted molar refractivity (Wildman–Crippen MR) is 81.2 cm³/mol. The first-order valence-electron chi connectivity index (χ1n) is 6.23. The Morgan fingerprint density at radius 1 is 1.35 bits per heavy atom. The predicted octanol–water partition coefficient (Wildman–Crippen LogP) is 3.55. The van der Waals surface area contributed by atoms with E-state index in [2.05, 4.69) is 53.9 Å². The molecule has 1 aromatic rings. The molecule has 2 heterocycles. The van der Waals surface area contributed by atoms with Crippen LogP contribution >= 0.6 is 34.9 Å². The van der Waals surface area contributed by atoms with Crippen LogP contribution in [-0.4, -0.2) is 28.3 Å². The summed E-state index contributed by atoms with van der Waals surface area (Å²) in [6.07, 6.45) is 3.31. The molecule has 0 bridgehead atoms. The van der Waals surface area contributed by atoms with E-state index in [0.29, 0.717) is 5.25 Å². The summed E-state index contributed by atoms with van der Waals surface area (Å²) in [7, 11) is 0. The van der Waals surface area contributed by atoms with Gasteiger partial charge >= 0.3 is 0 Å². The summed E-state index contributed by atoms with van der Waals surface area (Å²) in [5, 5.41) is 6.08. The third-order valence-electron chi connectivity index (χ3n) is 2.82. The molecule has 5 heteroatoms. The molecule has 1 saturated heterocycles. The molecule has 0 spiro atoms. The molecule has 2 nitrogen and oxygen atoms in total. The Morgan fingerprint density at radius 3 is 2.94 bits per heavy atom. The molecule has 0 saturated carbocycles. The van der Waals surface area contributed by atoms with Crippen molar-refractivity contribution < 1.29 is 0 Å². The van der Waals surface area contributed by atoms with Gasteiger partial charge in [-0.15, -0.1) is 23.1 Å². The van der Waals surface area contributed by atoms with E-state index < -0.39 is 0 Å². The van der Waals surface area contributed by atoms with Crippen LogP contribution in [0.3, 0.4) is 0 Å². The fraction of sp³-hybridized carbons (Fsp3) is 0.750. The number of thiazole rings is 1. The van der Waals surface area contributed by atoms with Gasteiger partial charge in [0.2, 0.25) is 0 Å². The van der Waals surface area contributed by atoms with Crippen molar-refractivity contribution in [3.05, 3.63) is 16.1 Å². The molecule has 96 valence electrons. The van der Waals surface area contributed by atoms with Crippen LogP contribution in [0, 0.1) is 0 Å². The SMILES string of the molecule is CCNCc1cnc(C2SCCSC2CC)s1. The number of aromatic nitrogens is 1. The number of rotatable bonds is 5. The molecular formula is C12H20N2S3. The van der Waals surface area contributed by atoms with Crippen molar-refractivity contribution in [2.75, 3.05) is 18.1 Å². The largest absolute Gasteiger partial charge is 0.312 e. The first kappa shape index (κ1) is 13.7. The summed E-state index contributed by atoms with van der Waals surface area (Å²) in [6, 6.07) is 0. The fourth-order valence-corrected chi connectivity index (χ4v) is 6.23. The topological polar surface area (TPSA) is 24.9 Å². The zero-order valence-electron chi connectivity index (χ0n) is 10.4. The van der Waals surface area contributed by atoms with E-state index in [-0.39, 0.29) is 0 Å². The lowest BCUT2D eigenvalue weighted by molar-refractivity contribution is 0.734. The lowest BCUT2D eigenvalue weighted by Crippen LogP contribution is -2.18.